The fourth-order valence-electron chi connectivity index (χ4n) is 5.10. The zero-order valence-corrected chi connectivity index (χ0v) is 20.0. The highest BCUT2D eigenvalue weighted by atomic mass is 16.5. The fourth-order valence-corrected chi connectivity index (χ4v) is 5.10. The number of nitrogens with zero attached hydrogens (tertiary/aromatic N) is 4. The zero-order chi connectivity index (χ0) is 23.8. The van der Waals surface area contributed by atoms with E-state index in [1.165, 1.54) is 0 Å². The molecule has 0 aliphatic carbocycles. The Labute approximate surface area is 202 Å². The number of fused-ring (bicyclic) bond motifs is 1. The summed E-state index contributed by atoms with van der Waals surface area (Å²) in [5.74, 6) is 0.304. The van der Waals surface area contributed by atoms with Crippen LogP contribution in [0.2, 0.25) is 0 Å². The molecule has 2 aromatic rings. The quantitative estimate of drug-likeness (QED) is 0.429. The highest BCUT2D eigenvalue weighted by molar-refractivity contribution is 5.78. The summed E-state index contributed by atoms with van der Waals surface area (Å²) in [6.45, 7) is 8.46. The molecule has 2 aliphatic heterocycles. The number of ether oxygens (including phenoxy) is 1. The second kappa shape index (κ2) is 12.1. The smallest absolute Gasteiger partial charge is 0.226 e. The predicted octanol–water partition coefficient (Wildman–Crippen LogP) is 2.43. The molecule has 34 heavy (non-hydrogen) atoms. The van der Waals surface area contributed by atoms with Crippen molar-refractivity contribution in [3.63, 3.8) is 0 Å². The molecule has 0 atom stereocenters. The number of rotatable bonds is 10. The number of nitrogens with one attached hydrogen (secondary N) is 1. The highest BCUT2D eigenvalue weighted by Crippen LogP contribution is 2.22. The van der Waals surface area contributed by atoms with Gasteiger partial charge in [0.1, 0.15) is 5.65 Å². The van der Waals surface area contributed by atoms with E-state index in [0.29, 0.717) is 32.1 Å². The van der Waals surface area contributed by atoms with Crippen LogP contribution in [0.25, 0.3) is 5.65 Å². The van der Waals surface area contributed by atoms with Crippen LogP contribution in [-0.4, -0.2) is 82.5 Å². The molecule has 1 N–H and O–H groups in total. The van der Waals surface area contributed by atoms with Gasteiger partial charge in [-0.3, -0.25) is 9.59 Å². The number of aromatic nitrogens is 2. The van der Waals surface area contributed by atoms with Gasteiger partial charge in [0.2, 0.25) is 11.8 Å². The van der Waals surface area contributed by atoms with E-state index in [9.17, 15) is 9.59 Å². The molecule has 2 fully saturated rings. The van der Waals surface area contributed by atoms with E-state index < -0.39 is 0 Å². The largest absolute Gasteiger partial charge is 0.377 e. The standard InChI is InChI=1S/C26H37N5O3/c1-2-17-34-18-5-7-26(33)30-15-10-22(11-16-30)29-13-8-21(9-14-29)28-25(32)19-23-20-27-24-6-3-4-12-31(23)24/h2-4,6,12,20-22H,1,5,7-11,13-19H2,(H,28,32). The number of imidazole rings is 1. The minimum absolute atomic E-state index is 0.0609. The van der Waals surface area contributed by atoms with E-state index >= 15 is 0 Å². The Kier molecular flexibility index (Phi) is 8.71. The molecule has 4 heterocycles. The first kappa shape index (κ1) is 24.4. The lowest BCUT2D eigenvalue weighted by Crippen LogP contribution is -2.51. The maximum absolute atomic E-state index is 12.6. The number of hydrogen-bond acceptors (Lipinski definition) is 5. The number of piperidine rings is 2. The summed E-state index contributed by atoms with van der Waals surface area (Å²) in [7, 11) is 0. The van der Waals surface area contributed by atoms with Gasteiger partial charge in [0, 0.05) is 63.7 Å². The molecule has 4 rings (SSSR count). The molecule has 0 bridgehead atoms. The molecular weight excluding hydrogens is 430 g/mol. The third kappa shape index (κ3) is 6.45. The van der Waals surface area contributed by atoms with Crippen LogP contribution >= 0.6 is 0 Å². The van der Waals surface area contributed by atoms with Gasteiger partial charge < -0.3 is 24.3 Å². The number of hydrogen-bond donors (Lipinski definition) is 1. The summed E-state index contributed by atoms with van der Waals surface area (Å²) < 4.78 is 7.34. The number of carbonyl (C=O) groups excluding carboxylic acids is 2. The average Bonchev–Trinajstić information content (AvgIpc) is 3.27. The first-order chi connectivity index (χ1) is 16.6. The van der Waals surface area contributed by atoms with Crippen molar-refractivity contribution < 1.29 is 14.3 Å². The summed E-state index contributed by atoms with van der Waals surface area (Å²) in [4.78, 5) is 34.0. The molecule has 8 heteroatoms. The van der Waals surface area contributed by atoms with Crippen LogP contribution in [0.15, 0.2) is 43.2 Å². The van der Waals surface area contributed by atoms with Crippen molar-refractivity contribution in [2.75, 3.05) is 39.4 Å². The minimum atomic E-state index is 0.0609. The van der Waals surface area contributed by atoms with E-state index in [1.807, 2.05) is 33.7 Å². The van der Waals surface area contributed by atoms with Crippen molar-refractivity contribution in [1.29, 1.82) is 0 Å². The van der Waals surface area contributed by atoms with E-state index in [2.05, 4.69) is 21.8 Å². The SMILES string of the molecule is C=CCOCCCC(=O)N1CCC(N2CCC(NC(=O)Cc3cnc4ccccn34)CC2)CC1. The molecule has 2 amide bonds. The Morgan fingerprint density at radius 3 is 2.71 bits per heavy atom. The van der Waals surface area contributed by atoms with Crippen LogP contribution < -0.4 is 5.32 Å². The van der Waals surface area contributed by atoms with Crippen LogP contribution in [0.5, 0.6) is 0 Å². The number of likely N-dealkylation sites (tertiary alicyclic amines) is 2. The van der Waals surface area contributed by atoms with E-state index in [1.54, 1.807) is 12.3 Å². The molecule has 0 aromatic carbocycles. The Hall–Kier alpha value is -2.71. The van der Waals surface area contributed by atoms with Crippen LogP contribution in [0.4, 0.5) is 0 Å². The molecular formula is C26H37N5O3. The minimum Gasteiger partial charge on any atom is -0.377 e. The Balaban J connectivity index is 1.14. The van der Waals surface area contributed by atoms with E-state index in [4.69, 9.17) is 4.74 Å². The summed E-state index contributed by atoms with van der Waals surface area (Å²) >= 11 is 0. The van der Waals surface area contributed by atoms with Crippen molar-refractivity contribution in [2.45, 2.75) is 57.0 Å². The molecule has 184 valence electrons. The third-order valence-corrected chi connectivity index (χ3v) is 6.98. The second-order valence-electron chi connectivity index (χ2n) is 9.31. The molecule has 0 unspecified atom stereocenters. The van der Waals surface area contributed by atoms with Crippen LogP contribution in [0.1, 0.15) is 44.2 Å². The van der Waals surface area contributed by atoms with Gasteiger partial charge in [0.25, 0.3) is 0 Å². The van der Waals surface area contributed by atoms with Crippen LogP contribution in [-0.2, 0) is 20.7 Å². The maximum Gasteiger partial charge on any atom is 0.226 e. The lowest BCUT2D eigenvalue weighted by atomic mass is 9.97. The molecule has 2 aromatic heterocycles. The number of amides is 2. The van der Waals surface area contributed by atoms with Crippen molar-refractivity contribution in [3.8, 4) is 0 Å². The van der Waals surface area contributed by atoms with Gasteiger partial charge in [-0.15, -0.1) is 6.58 Å². The second-order valence-corrected chi connectivity index (χ2v) is 9.31. The van der Waals surface area contributed by atoms with Crippen molar-refractivity contribution in [3.05, 3.63) is 48.9 Å². The highest BCUT2D eigenvalue weighted by Gasteiger charge is 2.30. The molecule has 8 nitrogen and oxygen atoms in total. The van der Waals surface area contributed by atoms with Crippen molar-refractivity contribution in [2.24, 2.45) is 0 Å². The molecule has 0 spiro atoms. The first-order valence-corrected chi connectivity index (χ1v) is 12.5. The lowest BCUT2D eigenvalue weighted by Gasteiger charge is -2.42. The topological polar surface area (TPSA) is 79.2 Å². The average molecular weight is 468 g/mol. The van der Waals surface area contributed by atoms with E-state index in [0.717, 1.165) is 69.6 Å². The Morgan fingerprint density at radius 2 is 1.94 bits per heavy atom. The molecule has 0 saturated carbocycles. The van der Waals surface area contributed by atoms with Gasteiger partial charge in [-0.05, 0) is 44.2 Å². The number of pyridine rings is 1. The van der Waals surface area contributed by atoms with Gasteiger partial charge in [0.05, 0.1) is 18.7 Å². The van der Waals surface area contributed by atoms with Gasteiger partial charge in [-0.1, -0.05) is 12.1 Å². The van der Waals surface area contributed by atoms with E-state index in [-0.39, 0.29) is 17.9 Å². The van der Waals surface area contributed by atoms with Gasteiger partial charge in [-0.25, -0.2) is 4.98 Å². The summed E-state index contributed by atoms with van der Waals surface area (Å²) in [5.41, 5.74) is 1.78. The molecule has 2 saturated heterocycles. The zero-order valence-electron chi connectivity index (χ0n) is 20.0. The third-order valence-electron chi connectivity index (χ3n) is 6.98. The summed E-state index contributed by atoms with van der Waals surface area (Å²) in [6, 6.07) is 6.61. The van der Waals surface area contributed by atoms with Crippen molar-refractivity contribution >= 4 is 17.5 Å². The monoisotopic (exact) mass is 467 g/mol. The summed E-state index contributed by atoms with van der Waals surface area (Å²) in [5, 5.41) is 3.22. The normalized spacial score (nSPS) is 18.3. The first-order valence-electron chi connectivity index (χ1n) is 12.5. The van der Waals surface area contributed by atoms with Crippen LogP contribution in [0, 0.1) is 0 Å². The molecule has 0 radical (unpaired) electrons. The van der Waals surface area contributed by atoms with Gasteiger partial charge in [-0.2, -0.15) is 0 Å². The van der Waals surface area contributed by atoms with Gasteiger partial charge in [0.15, 0.2) is 0 Å². The Morgan fingerprint density at radius 1 is 1.15 bits per heavy atom. The molecule has 2 aliphatic rings. The Bertz CT molecular complexity index is 958. The summed E-state index contributed by atoms with van der Waals surface area (Å²) in [6.07, 6.45) is 11.1. The number of carbonyl (C=O) groups is 2. The van der Waals surface area contributed by atoms with Crippen molar-refractivity contribution in [1.82, 2.24) is 24.5 Å². The van der Waals surface area contributed by atoms with Crippen LogP contribution in [0.3, 0.4) is 0 Å². The van der Waals surface area contributed by atoms with Gasteiger partial charge >= 0.3 is 0 Å². The fraction of sp³-hybridized carbons (Fsp3) is 0.577. The lowest BCUT2D eigenvalue weighted by molar-refractivity contribution is -0.133. The maximum atomic E-state index is 12.6. The predicted molar refractivity (Wildman–Crippen MR) is 131 cm³/mol.